The van der Waals surface area contributed by atoms with Crippen molar-refractivity contribution in [1.82, 2.24) is 0 Å². The molecule has 1 rings (SSSR count). The van der Waals surface area contributed by atoms with Gasteiger partial charge in [-0.1, -0.05) is 6.07 Å². The number of halogens is 1. The van der Waals surface area contributed by atoms with Gasteiger partial charge >= 0.3 is 35.3 Å². The molecule has 19 heavy (non-hydrogen) atoms. The van der Waals surface area contributed by atoms with Crippen molar-refractivity contribution in [3.63, 3.8) is 0 Å². The van der Waals surface area contributed by atoms with E-state index < -0.39 is 12.1 Å². The van der Waals surface area contributed by atoms with Crippen molar-refractivity contribution in [3.8, 4) is 11.5 Å². The molecular formula is C12H19IO5P-. The van der Waals surface area contributed by atoms with Gasteiger partial charge in [0, 0.05) is 6.42 Å². The first-order valence-electron chi connectivity index (χ1n) is 5.89. The van der Waals surface area contributed by atoms with Crippen molar-refractivity contribution in [1.29, 1.82) is 0.594 Å². The molecule has 0 bridgehead atoms. The molecule has 0 spiro atoms. The van der Waals surface area contributed by atoms with E-state index in [2.05, 4.69) is 6.88 Å². The van der Waals surface area contributed by atoms with Crippen molar-refractivity contribution in [2.45, 2.75) is 32.5 Å². The van der Waals surface area contributed by atoms with Crippen LogP contribution in [0.25, 0.3) is 0 Å². The summed E-state index contributed by atoms with van der Waals surface area (Å²) in [6.45, 7) is 5.74. The van der Waals surface area contributed by atoms with Gasteiger partial charge in [0.05, 0.1) is 6.10 Å². The molecule has 0 amide bonds. The third-order valence-electron chi connectivity index (χ3n) is 2.09. The number of hydrogen-bond donors (Lipinski definition) is 3. The second-order valence-electron chi connectivity index (χ2n) is 4.03. The van der Waals surface area contributed by atoms with E-state index in [0.717, 1.165) is 0 Å². The zero-order chi connectivity index (χ0) is 15.7. The molecule has 2 unspecified atom stereocenters. The van der Waals surface area contributed by atoms with Crippen molar-refractivity contribution in [2.24, 2.45) is 0 Å². The van der Waals surface area contributed by atoms with Gasteiger partial charge in [-0.05, 0) is 31.5 Å². The molecular weight excluding hydrogens is 382 g/mol. The van der Waals surface area contributed by atoms with Crippen LogP contribution < -0.4 is 21.8 Å². The average molecular weight is 402 g/mol. The Balaban J connectivity index is 0.00000110. The van der Waals surface area contributed by atoms with Crippen LogP contribution in [0.15, 0.2) is 18.2 Å². The molecule has 0 aliphatic rings. The van der Waals surface area contributed by atoms with Crippen molar-refractivity contribution in [2.75, 3.05) is 0 Å². The second kappa shape index (κ2) is 9.34. The van der Waals surface area contributed by atoms with Gasteiger partial charge in [-0.3, -0.25) is 0 Å². The summed E-state index contributed by atoms with van der Waals surface area (Å²) in [5.41, 5.74) is 0.536. The van der Waals surface area contributed by atoms with E-state index in [-0.39, 0.29) is 45.9 Å². The Morgan fingerprint density at radius 1 is 1.47 bits per heavy atom. The topological polar surface area (TPSA) is 87.0 Å². The predicted molar refractivity (Wildman–Crippen MR) is 71.8 cm³/mol. The number of aromatic hydroxyl groups is 2. The Labute approximate surface area is 128 Å². The van der Waals surface area contributed by atoms with E-state index in [1.807, 2.05) is 0 Å². The van der Waals surface area contributed by atoms with Crippen LogP contribution >= 0.6 is 6.88 Å². The Bertz CT molecular complexity index is 430. The van der Waals surface area contributed by atoms with E-state index in [9.17, 15) is 15.0 Å². The molecule has 3 N–H and O–H groups in total. The first-order chi connectivity index (χ1) is 9.31. The Kier molecular flexibility index (Phi) is 8.09. The molecule has 0 saturated carbocycles. The average Bonchev–Trinajstić information content (AvgIpc) is 2.34. The summed E-state index contributed by atoms with van der Waals surface area (Å²) >= 11 is -0.243. The van der Waals surface area contributed by atoms with Crippen LogP contribution in [0.1, 0.15) is 19.4 Å². The quantitative estimate of drug-likeness (QED) is 0.235. The monoisotopic (exact) mass is 402 g/mol. The van der Waals surface area contributed by atoms with E-state index in [1.165, 1.54) is 18.2 Å². The number of ether oxygens (including phenoxy) is 1. The Morgan fingerprint density at radius 2 is 2.05 bits per heavy atom. The molecule has 0 heterocycles. The summed E-state index contributed by atoms with van der Waals surface area (Å²) in [6.07, 6.45) is -1.54. The standard InChI is InChI=1S/C12H16O5.H3IP/c1-7(2)17-12(16)11(15)6-8-3-4-9(13)10(14)5-8;1-2/h3-5,7,11,13-15H,6H2,1-2H3;1H,2H2/q;-1/i;1D. The number of phenolic OH excluding ortho intramolecular Hbond substituents is 2. The normalized spacial score (nSPS) is 12.4. The maximum absolute atomic E-state index is 11.3. The van der Waals surface area contributed by atoms with Gasteiger partial charge in [-0.25, -0.2) is 4.79 Å². The Hall–Kier alpha value is -0.590. The van der Waals surface area contributed by atoms with E-state index >= 15 is 0 Å². The van der Waals surface area contributed by atoms with E-state index in [0.29, 0.717) is 5.56 Å². The van der Waals surface area contributed by atoms with Gasteiger partial charge in [-0.2, -0.15) is 0 Å². The van der Waals surface area contributed by atoms with Gasteiger partial charge in [-0.15, -0.1) is 0 Å². The molecule has 0 aromatic heterocycles. The molecule has 1 aromatic carbocycles. The summed E-state index contributed by atoms with van der Waals surface area (Å²) in [4.78, 5) is 11.3. The summed E-state index contributed by atoms with van der Waals surface area (Å²) in [6, 6.07) is 4.10. The molecule has 0 aliphatic heterocycles. The maximum atomic E-state index is 11.3. The SMILES string of the molecule is CC(C)OC(=O)C(O)Cc1ccc(O)c(O)c1.[2H][I-]P. The molecule has 0 saturated heterocycles. The third-order valence-corrected chi connectivity index (χ3v) is 2.09. The van der Waals surface area contributed by atoms with Crippen molar-refractivity contribution < 1.29 is 46.7 Å². The van der Waals surface area contributed by atoms with Crippen LogP contribution in [-0.4, -0.2) is 34.1 Å². The van der Waals surface area contributed by atoms with Crippen LogP contribution in [-0.2, 0) is 16.0 Å². The number of rotatable bonds is 4. The molecule has 0 radical (unpaired) electrons. The zero-order valence-electron chi connectivity index (χ0n) is 11.7. The van der Waals surface area contributed by atoms with Gasteiger partial charge in [0.1, 0.15) is 0 Å². The molecule has 7 heteroatoms. The van der Waals surface area contributed by atoms with Crippen LogP contribution in [0.4, 0.5) is 0 Å². The fourth-order valence-corrected chi connectivity index (χ4v) is 1.31. The van der Waals surface area contributed by atoms with Gasteiger partial charge in [0.15, 0.2) is 17.6 Å². The van der Waals surface area contributed by atoms with Gasteiger partial charge in [0.2, 0.25) is 0 Å². The third kappa shape index (κ3) is 6.94. The predicted octanol–water partition coefficient (Wildman–Crippen LogP) is -1.99. The van der Waals surface area contributed by atoms with E-state index in [4.69, 9.17) is 10.4 Å². The number of aliphatic hydroxyl groups excluding tert-OH is 1. The van der Waals surface area contributed by atoms with Crippen molar-refractivity contribution >= 4 is 12.9 Å². The number of carbonyl (C=O) groups excluding carboxylic acids is 1. The number of phenols is 2. The number of hydrogen-bond acceptors (Lipinski definition) is 5. The summed E-state index contributed by atoms with van der Waals surface area (Å²) in [7, 11) is 0. The van der Waals surface area contributed by atoms with Gasteiger partial charge in [0.25, 0.3) is 0 Å². The van der Waals surface area contributed by atoms with E-state index in [1.54, 1.807) is 13.8 Å². The number of benzene rings is 1. The Morgan fingerprint density at radius 3 is 2.53 bits per heavy atom. The van der Waals surface area contributed by atoms with Gasteiger partial charge < -0.3 is 20.1 Å². The summed E-state index contributed by atoms with van der Waals surface area (Å²) in [5.74, 6) is -1.23. The molecule has 1 aromatic rings. The number of aliphatic hydroxyl groups is 1. The molecule has 0 aliphatic carbocycles. The zero-order valence-corrected chi connectivity index (χ0v) is 14.0. The molecule has 0 fully saturated rings. The van der Waals surface area contributed by atoms with Crippen molar-refractivity contribution in [3.05, 3.63) is 23.8 Å². The molecule has 5 nitrogen and oxygen atoms in total. The minimum absolute atomic E-state index is 0.0272. The fourth-order valence-electron chi connectivity index (χ4n) is 1.31. The molecule has 110 valence electrons. The van der Waals surface area contributed by atoms with Crippen LogP contribution in [0.5, 0.6) is 11.5 Å². The van der Waals surface area contributed by atoms with Crippen LogP contribution in [0.2, 0.25) is 0 Å². The summed E-state index contributed by atoms with van der Waals surface area (Å²) in [5, 5.41) is 27.9. The van der Waals surface area contributed by atoms with Crippen LogP contribution in [0.3, 0.4) is 0 Å². The first kappa shape index (κ1) is 16.5. The second-order valence-corrected chi connectivity index (χ2v) is 4.03. The first-order valence-corrected chi connectivity index (χ1v) is 9.68. The minimum atomic E-state index is -1.28. The van der Waals surface area contributed by atoms with Crippen LogP contribution in [0, 0.1) is 0 Å². The fraction of sp³-hybridized carbons (Fsp3) is 0.417. The number of esters is 1. The number of carbonyl (C=O) groups is 1. The molecule has 2 atom stereocenters. The summed E-state index contributed by atoms with van der Waals surface area (Å²) < 4.78 is 11.1.